The minimum atomic E-state index is -0.499. The van der Waals surface area contributed by atoms with Crippen molar-refractivity contribution >= 4 is 40.0 Å². The van der Waals surface area contributed by atoms with Crippen molar-refractivity contribution in [3.63, 3.8) is 0 Å². The van der Waals surface area contributed by atoms with Crippen molar-refractivity contribution in [2.75, 3.05) is 24.8 Å². The molecule has 4 aromatic rings. The SMILES string of the molecule is C=CCn1c(SCC(=O)Nc2scc(-c3cc(C)ccc3C)c2C(=O)OC)nnc1-c1ccc(OCC(C)C)cc1. The van der Waals surface area contributed by atoms with Crippen LogP contribution in [-0.4, -0.2) is 46.1 Å². The number of carbonyl (C=O) groups is 2. The second kappa shape index (κ2) is 13.6. The van der Waals surface area contributed by atoms with Crippen molar-refractivity contribution in [1.82, 2.24) is 14.8 Å². The number of methoxy groups -OCH3 is 1. The number of aryl methyl sites for hydroxylation is 2. The molecule has 0 bridgehead atoms. The molecule has 1 N–H and O–H groups in total. The molecular formula is C31H34N4O4S2. The van der Waals surface area contributed by atoms with E-state index in [0.29, 0.717) is 40.6 Å². The summed E-state index contributed by atoms with van der Waals surface area (Å²) in [5.41, 5.74) is 5.01. The number of rotatable bonds is 12. The smallest absolute Gasteiger partial charge is 0.341 e. The molecule has 0 unspecified atom stereocenters. The highest BCUT2D eigenvalue weighted by atomic mass is 32.2. The molecule has 0 atom stereocenters. The Labute approximate surface area is 248 Å². The number of aromatic nitrogens is 3. The number of amides is 1. The number of ether oxygens (including phenoxy) is 2. The van der Waals surface area contributed by atoms with Crippen LogP contribution in [0.4, 0.5) is 5.00 Å². The molecular weight excluding hydrogens is 556 g/mol. The molecule has 2 aromatic carbocycles. The first-order valence-electron chi connectivity index (χ1n) is 13.2. The number of anilines is 1. The molecule has 2 heterocycles. The molecule has 214 valence electrons. The molecule has 0 aliphatic rings. The fourth-order valence-corrected chi connectivity index (χ4v) is 5.85. The monoisotopic (exact) mass is 590 g/mol. The van der Waals surface area contributed by atoms with E-state index < -0.39 is 5.97 Å². The van der Waals surface area contributed by atoms with Gasteiger partial charge in [0.2, 0.25) is 5.91 Å². The van der Waals surface area contributed by atoms with Crippen molar-refractivity contribution in [1.29, 1.82) is 0 Å². The predicted molar refractivity (Wildman–Crippen MR) is 166 cm³/mol. The van der Waals surface area contributed by atoms with E-state index in [2.05, 4.69) is 35.9 Å². The standard InChI is InChI=1S/C31H34N4O4S2/c1-7-14-35-28(22-10-12-23(13-11-22)39-16-19(2)3)33-34-31(35)41-18-26(36)32-29-27(30(37)38-6)25(17-40-29)24-15-20(4)8-9-21(24)5/h7-13,15,17,19H,1,14,16,18H2,2-6H3,(H,32,36). The van der Waals surface area contributed by atoms with Gasteiger partial charge in [-0.15, -0.1) is 28.1 Å². The molecule has 0 aliphatic carbocycles. The molecule has 0 fully saturated rings. The molecule has 1 amide bonds. The van der Waals surface area contributed by atoms with E-state index in [1.54, 1.807) is 6.08 Å². The van der Waals surface area contributed by atoms with Crippen molar-refractivity contribution in [3.8, 4) is 28.3 Å². The van der Waals surface area contributed by atoms with E-state index in [-0.39, 0.29) is 11.7 Å². The minimum absolute atomic E-state index is 0.0780. The summed E-state index contributed by atoms with van der Waals surface area (Å²) in [4.78, 5) is 25.8. The zero-order valence-corrected chi connectivity index (χ0v) is 25.5. The van der Waals surface area contributed by atoms with Crippen LogP contribution in [0.5, 0.6) is 5.75 Å². The van der Waals surface area contributed by atoms with Gasteiger partial charge in [0.1, 0.15) is 16.3 Å². The predicted octanol–water partition coefficient (Wildman–Crippen LogP) is 7.03. The topological polar surface area (TPSA) is 95.3 Å². The largest absolute Gasteiger partial charge is 0.493 e. The number of benzene rings is 2. The van der Waals surface area contributed by atoms with Crippen LogP contribution in [0.15, 0.2) is 65.7 Å². The number of hydrogen-bond acceptors (Lipinski definition) is 8. The molecule has 0 saturated heterocycles. The van der Waals surface area contributed by atoms with Gasteiger partial charge in [-0.05, 0) is 55.2 Å². The van der Waals surface area contributed by atoms with E-state index in [1.807, 2.05) is 66.3 Å². The Morgan fingerprint density at radius 2 is 1.88 bits per heavy atom. The zero-order valence-electron chi connectivity index (χ0n) is 23.9. The summed E-state index contributed by atoms with van der Waals surface area (Å²) >= 11 is 2.56. The molecule has 2 aromatic heterocycles. The molecule has 8 nitrogen and oxygen atoms in total. The molecule has 41 heavy (non-hydrogen) atoms. The van der Waals surface area contributed by atoms with E-state index in [0.717, 1.165) is 33.6 Å². The second-order valence-corrected chi connectivity index (χ2v) is 11.8. The lowest BCUT2D eigenvalue weighted by atomic mass is 9.97. The fraction of sp³-hybridized carbons (Fsp3) is 0.290. The highest BCUT2D eigenvalue weighted by Gasteiger charge is 2.24. The Hall–Kier alpha value is -3.89. The van der Waals surface area contributed by atoms with Crippen molar-refractivity contribution < 1.29 is 19.1 Å². The number of allylic oxidation sites excluding steroid dienone is 1. The summed E-state index contributed by atoms with van der Waals surface area (Å²) in [5, 5.41) is 14.5. The first-order valence-corrected chi connectivity index (χ1v) is 15.1. The first-order chi connectivity index (χ1) is 19.7. The Balaban J connectivity index is 1.50. The van der Waals surface area contributed by atoms with E-state index in [1.165, 1.54) is 30.2 Å². The molecule has 10 heteroatoms. The number of carbonyl (C=O) groups excluding carboxylic acids is 2. The van der Waals surface area contributed by atoms with Gasteiger partial charge >= 0.3 is 5.97 Å². The van der Waals surface area contributed by atoms with Gasteiger partial charge in [-0.2, -0.15) is 0 Å². The van der Waals surface area contributed by atoms with Crippen LogP contribution in [0.1, 0.15) is 35.3 Å². The second-order valence-electron chi connectivity index (χ2n) is 9.94. The number of nitrogens with zero attached hydrogens (tertiary/aromatic N) is 3. The Morgan fingerprint density at radius 1 is 1.12 bits per heavy atom. The summed E-state index contributed by atoms with van der Waals surface area (Å²) in [6.07, 6.45) is 1.76. The Morgan fingerprint density at radius 3 is 2.56 bits per heavy atom. The zero-order chi connectivity index (χ0) is 29.5. The molecule has 0 radical (unpaired) electrons. The Kier molecular flexibility index (Phi) is 10.0. The van der Waals surface area contributed by atoms with E-state index in [9.17, 15) is 9.59 Å². The van der Waals surface area contributed by atoms with Crippen molar-refractivity contribution in [2.24, 2.45) is 5.92 Å². The maximum absolute atomic E-state index is 13.0. The van der Waals surface area contributed by atoms with Gasteiger partial charge in [0.05, 0.1) is 19.5 Å². The lowest BCUT2D eigenvalue weighted by Gasteiger charge is -2.11. The number of nitrogens with one attached hydrogen (secondary N) is 1. The van der Waals surface area contributed by atoms with Crippen LogP contribution in [0.2, 0.25) is 0 Å². The van der Waals surface area contributed by atoms with Gasteiger partial charge in [-0.3, -0.25) is 9.36 Å². The number of thiophene rings is 1. The lowest BCUT2D eigenvalue weighted by molar-refractivity contribution is -0.113. The van der Waals surface area contributed by atoms with Crippen LogP contribution >= 0.6 is 23.1 Å². The highest BCUT2D eigenvalue weighted by Crippen LogP contribution is 2.38. The third-order valence-corrected chi connectivity index (χ3v) is 8.04. The van der Waals surface area contributed by atoms with Gasteiger partial charge in [-0.25, -0.2) is 4.79 Å². The van der Waals surface area contributed by atoms with E-state index in [4.69, 9.17) is 9.47 Å². The summed E-state index contributed by atoms with van der Waals surface area (Å²) in [6.45, 7) is 13.2. The summed E-state index contributed by atoms with van der Waals surface area (Å²) in [6, 6.07) is 13.8. The van der Waals surface area contributed by atoms with Crippen molar-refractivity contribution in [3.05, 3.63) is 77.2 Å². The fourth-order valence-electron chi connectivity index (χ4n) is 4.14. The lowest BCUT2D eigenvalue weighted by Crippen LogP contribution is -2.16. The highest BCUT2D eigenvalue weighted by molar-refractivity contribution is 7.99. The molecule has 0 spiro atoms. The van der Waals surface area contributed by atoms with Gasteiger partial charge in [-0.1, -0.05) is 55.4 Å². The summed E-state index contributed by atoms with van der Waals surface area (Å²) < 4.78 is 12.8. The van der Waals surface area contributed by atoms with Gasteiger partial charge < -0.3 is 14.8 Å². The average molecular weight is 591 g/mol. The molecule has 0 aliphatic heterocycles. The van der Waals surface area contributed by atoms with Gasteiger partial charge in [0.25, 0.3) is 0 Å². The molecule has 0 saturated carbocycles. The van der Waals surface area contributed by atoms with Crippen LogP contribution < -0.4 is 10.1 Å². The molecule has 4 rings (SSSR count). The maximum atomic E-state index is 13.0. The normalized spacial score (nSPS) is 11.0. The first kappa shape index (κ1) is 30.1. The van der Waals surface area contributed by atoms with Crippen LogP contribution in [-0.2, 0) is 16.1 Å². The number of hydrogen-bond donors (Lipinski definition) is 1. The summed E-state index contributed by atoms with van der Waals surface area (Å²) in [5.74, 6) is 1.22. The van der Waals surface area contributed by atoms with Crippen LogP contribution in [0.25, 0.3) is 22.5 Å². The van der Waals surface area contributed by atoms with Crippen molar-refractivity contribution in [2.45, 2.75) is 39.4 Å². The van der Waals surface area contributed by atoms with Gasteiger partial charge in [0.15, 0.2) is 11.0 Å². The average Bonchev–Trinajstić information content (AvgIpc) is 3.56. The number of esters is 1. The Bertz CT molecular complexity index is 1540. The third kappa shape index (κ3) is 7.25. The quantitative estimate of drug-likeness (QED) is 0.108. The van der Waals surface area contributed by atoms with E-state index >= 15 is 0 Å². The number of thioether (sulfide) groups is 1. The van der Waals surface area contributed by atoms with Crippen LogP contribution in [0.3, 0.4) is 0 Å². The minimum Gasteiger partial charge on any atom is -0.493 e. The maximum Gasteiger partial charge on any atom is 0.341 e. The van der Waals surface area contributed by atoms with Crippen LogP contribution in [0, 0.1) is 19.8 Å². The summed E-state index contributed by atoms with van der Waals surface area (Å²) in [7, 11) is 1.34. The third-order valence-electron chi connectivity index (χ3n) is 6.17. The van der Waals surface area contributed by atoms with Gasteiger partial charge in [0, 0.05) is 23.1 Å².